The molecule has 104 valence electrons. The Balaban J connectivity index is 2.03. The largest absolute Gasteiger partial charge is 0.295 e. The highest BCUT2D eigenvalue weighted by atomic mass is 79.9. The van der Waals surface area contributed by atoms with Crippen LogP contribution in [0.15, 0.2) is 42.5 Å². The van der Waals surface area contributed by atoms with E-state index in [-0.39, 0.29) is 0 Å². The van der Waals surface area contributed by atoms with Gasteiger partial charge in [0.25, 0.3) is 0 Å². The van der Waals surface area contributed by atoms with Crippen LogP contribution in [0.4, 0.5) is 17.1 Å². The number of halogens is 2. The van der Waals surface area contributed by atoms with Crippen LogP contribution in [0.5, 0.6) is 0 Å². The van der Waals surface area contributed by atoms with Crippen molar-refractivity contribution in [2.24, 2.45) is 0 Å². The second-order valence-corrected chi connectivity index (χ2v) is 6.79. The van der Waals surface area contributed by atoms with Crippen LogP contribution in [0.1, 0.15) is 5.56 Å². The molecule has 2 aromatic carbocycles. The summed E-state index contributed by atoms with van der Waals surface area (Å²) in [7, 11) is 0. The highest BCUT2D eigenvalue weighted by molar-refractivity contribution is 9.09. The minimum atomic E-state index is 0.779. The predicted octanol–water partition coefficient (Wildman–Crippen LogP) is 5.56. The molecule has 0 bridgehead atoms. The van der Waals surface area contributed by atoms with Crippen LogP contribution in [0, 0.1) is 6.92 Å². The van der Waals surface area contributed by atoms with Crippen LogP contribution in [0.2, 0.25) is 5.02 Å². The molecule has 2 aromatic rings. The third kappa shape index (κ3) is 2.52. The molecule has 0 aromatic heterocycles. The molecule has 1 heterocycles. The molecule has 0 unspecified atom stereocenters. The zero-order valence-corrected chi connectivity index (χ0v) is 14.2. The van der Waals surface area contributed by atoms with Gasteiger partial charge in [0.05, 0.1) is 29.2 Å². The average Bonchev–Trinajstić information content (AvgIpc) is 2.79. The fraction of sp³-hybridized carbons (Fsp3) is 0.200. The summed E-state index contributed by atoms with van der Waals surface area (Å²) < 4.78 is 4.57. The van der Waals surface area contributed by atoms with Gasteiger partial charge in [0.15, 0.2) is 0 Å². The Bertz CT molecular complexity index is 635. The molecule has 1 aliphatic rings. The van der Waals surface area contributed by atoms with Gasteiger partial charge in [-0.25, -0.2) is 0 Å². The molecule has 0 aliphatic carbocycles. The van der Waals surface area contributed by atoms with Gasteiger partial charge in [-0.2, -0.15) is 0 Å². The van der Waals surface area contributed by atoms with Crippen molar-refractivity contribution in [3.8, 4) is 0 Å². The van der Waals surface area contributed by atoms with E-state index in [9.17, 15) is 0 Å². The molecule has 0 radical (unpaired) electrons. The maximum absolute atomic E-state index is 6.06. The molecule has 0 N–H and O–H groups in total. The lowest BCUT2D eigenvalue weighted by Gasteiger charge is -2.20. The number of rotatable bonds is 3. The minimum absolute atomic E-state index is 0.779. The van der Waals surface area contributed by atoms with Crippen molar-refractivity contribution in [2.45, 2.75) is 6.92 Å². The normalized spacial score (nSPS) is 13.8. The first-order valence-corrected chi connectivity index (χ1v) is 8.60. The maximum atomic E-state index is 6.06. The predicted molar refractivity (Wildman–Crippen MR) is 93.5 cm³/mol. The summed E-state index contributed by atoms with van der Waals surface area (Å²) in [5.74, 6) is 0. The van der Waals surface area contributed by atoms with Crippen LogP contribution < -0.4 is 8.61 Å². The monoisotopic (exact) mass is 368 g/mol. The van der Waals surface area contributed by atoms with Gasteiger partial charge >= 0.3 is 0 Å². The van der Waals surface area contributed by atoms with E-state index in [0.29, 0.717) is 0 Å². The Morgan fingerprint density at radius 2 is 1.85 bits per heavy atom. The van der Waals surface area contributed by atoms with Crippen LogP contribution >= 0.6 is 39.7 Å². The number of hydrogen-bond donors (Lipinski definition) is 0. The van der Waals surface area contributed by atoms with Gasteiger partial charge < -0.3 is 0 Å². The van der Waals surface area contributed by atoms with Gasteiger partial charge in [0.2, 0.25) is 0 Å². The number of benzene rings is 2. The first-order valence-electron chi connectivity index (χ1n) is 6.37. The smallest absolute Gasteiger partial charge is 0.0784 e. The van der Waals surface area contributed by atoms with Crippen molar-refractivity contribution < 1.29 is 0 Å². The molecule has 0 atom stereocenters. The SMILES string of the molecule is Cc1cc(Cl)ccc1N1SN(CCBr)c2ccccc21. The van der Waals surface area contributed by atoms with Crippen LogP contribution in [0.25, 0.3) is 0 Å². The second-order valence-electron chi connectivity index (χ2n) is 4.59. The minimum Gasteiger partial charge on any atom is -0.295 e. The summed E-state index contributed by atoms with van der Waals surface area (Å²) in [6, 6.07) is 14.5. The molecule has 2 nitrogen and oxygen atoms in total. The van der Waals surface area contributed by atoms with E-state index in [4.69, 9.17) is 11.6 Å². The Hall–Kier alpha value is -0.840. The molecule has 0 fully saturated rings. The standard InChI is InChI=1S/C15H14BrClN2S/c1-11-10-12(17)6-7-13(11)19-15-5-3-2-4-14(15)18(20-19)9-8-16/h2-7,10H,8-9H2,1H3. The Kier molecular flexibility index (Phi) is 4.15. The lowest BCUT2D eigenvalue weighted by atomic mass is 10.2. The molecular formula is C15H14BrClN2S. The summed E-state index contributed by atoms with van der Waals surface area (Å²) in [6.07, 6.45) is 0. The van der Waals surface area contributed by atoms with Crippen LogP contribution in [-0.2, 0) is 0 Å². The van der Waals surface area contributed by atoms with E-state index in [1.807, 2.05) is 12.1 Å². The lowest BCUT2D eigenvalue weighted by molar-refractivity contribution is 1.15. The summed E-state index contributed by atoms with van der Waals surface area (Å²) in [6.45, 7) is 3.06. The maximum Gasteiger partial charge on any atom is 0.0784 e. The number of anilines is 3. The van der Waals surface area contributed by atoms with Crippen molar-refractivity contribution >= 4 is 56.7 Å². The van der Waals surface area contributed by atoms with Crippen molar-refractivity contribution in [3.63, 3.8) is 0 Å². The quantitative estimate of drug-likeness (QED) is 0.516. The van der Waals surface area contributed by atoms with Crippen molar-refractivity contribution in [1.82, 2.24) is 0 Å². The van der Waals surface area contributed by atoms with Crippen LogP contribution in [0.3, 0.4) is 0 Å². The molecule has 0 spiro atoms. The first-order chi connectivity index (χ1) is 9.70. The second kappa shape index (κ2) is 5.88. The van der Waals surface area contributed by atoms with Gasteiger partial charge in [0.1, 0.15) is 0 Å². The summed E-state index contributed by atoms with van der Waals surface area (Å²) in [5, 5.41) is 1.72. The molecule has 0 amide bonds. The molecule has 5 heteroatoms. The van der Waals surface area contributed by atoms with Crippen molar-refractivity contribution in [2.75, 3.05) is 20.5 Å². The van der Waals surface area contributed by atoms with Gasteiger partial charge in [-0.3, -0.25) is 8.61 Å². The highest BCUT2D eigenvalue weighted by Gasteiger charge is 2.28. The van der Waals surface area contributed by atoms with Gasteiger partial charge in [0, 0.05) is 16.9 Å². The molecule has 0 saturated carbocycles. The number of nitrogens with zero attached hydrogens (tertiary/aromatic N) is 2. The third-order valence-corrected chi connectivity index (χ3v) is 4.94. The van der Waals surface area contributed by atoms with E-state index in [0.717, 1.165) is 16.9 Å². The summed E-state index contributed by atoms with van der Waals surface area (Å²) in [4.78, 5) is 0. The number of alkyl halides is 1. The number of para-hydroxylation sites is 2. The number of aryl methyl sites for hydroxylation is 1. The van der Waals surface area contributed by atoms with E-state index >= 15 is 0 Å². The van der Waals surface area contributed by atoms with Gasteiger partial charge in [-0.15, -0.1) is 0 Å². The highest BCUT2D eigenvalue weighted by Crippen LogP contribution is 2.49. The fourth-order valence-electron chi connectivity index (χ4n) is 2.29. The Labute approximate surface area is 137 Å². The third-order valence-electron chi connectivity index (χ3n) is 3.21. The lowest BCUT2D eigenvalue weighted by Crippen LogP contribution is -2.16. The topological polar surface area (TPSA) is 6.48 Å². The van der Waals surface area contributed by atoms with Crippen molar-refractivity contribution in [1.29, 1.82) is 0 Å². The first kappa shape index (κ1) is 14.1. The van der Waals surface area contributed by atoms with Gasteiger partial charge in [-0.1, -0.05) is 39.7 Å². The van der Waals surface area contributed by atoms with E-state index < -0.39 is 0 Å². The van der Waals surface area contributed by atoms with E-state index in [1.54, 1.807) is 12.1 Å². The van der Waals surface area contributed by atoms with Gasteiger partial charge in [-0.05, 0) is 42.8 Å². The molecule has 3 rings (SSSR count). The Morgan fingerprint density at radius 1 is 1.10 bits per heavy atom. The van der Waals surface area contributed by atoms with Crippen LogP contribution in [-0.4, -0.2) is 11.9 Å². The molecule has 20 heavy (non-hydrogen) atoms. The Morgan fingerprint density at radius 3 is 2.55 bits per heavy atom. The zero-order chi connectivity index (χ0) is 14.1. The summed E-state index contributed by atoms with van der Waals surface area (Å²) in [5.41, 5.74) is 4.85. The number of hydrogen-bond acceptors (Lipinski definition) is 3. The molecular weight excluding hydrogens is 356 g/mol. The van der Waals surface area contributed by atoms with Crippen molar-refractivity contribution in [3.05, 3.63) is 53.1 Å². The fourth-order valence-corrected chi connectivity index (χ4v) is 4.26. The molecule has 0 saturated heterocycles. The van der Waals surface area contributed by atoms with E-state index in [2.05, 4.69) is 61.8 Å². The number of fused-ring (bicyclic) bond motifs is 1. The summed E-state index contributed by atoms with van der Waals surface area (Å²) >= 11 is 11.3. The molecule has 1 aliphatic heterocycles. The zero-order valence-electron chi connectivity index (χ0n) is 11.0. The van der Waals surface area contributed by atoms with E-state index in [1.165, 1.54) is 22.6 Å². The average molecular weight is 370 g/mol.